The van der Waals surface area contributed by atoms with E-state index in [0.29, 0.717) is 27.6 Å². The molecule has 1 aliphatic rings. The van der Waals surface area contributed by atoms with E-state index in [-0.39, 0.29) is 18.0 Å². The van der Waals surface area contributed by atoms with Gasteiger partial charge in [-0.3, -0.25) is 4.79 Å². The Morgan fingerprint density at radius 2 is 2.05 bits per heavy atom. The molecule has 1 aromatic heterocycles. The molecule has 1 fully saturated rings. The Kier molecular flexibility index (Phi) is 4.57. The van der Waals surface area contributed by atoms with Gasteiger partial charge < -0.3 is 15.0 Å². The summed E-state index contributed by atoms with van der Waals surface area (Å²) in [6.45, 7) is 8.22. The van der Waals surface area contributed by atoms with E-state index in [9.17, 15) is 9.59 Å². The molecular weight excluding hydrogens is 358 g/mol. The Morgan fingerprint density at radius 3 is 2.52 bits per heavy atom. The lowest BCUT2D eigenvalue weighted by molar-refractivity contribution is 0.00534. The first kappa shape index (κ1) is 16.2. The molecular formula is C13H18BrN3O3S. The fraction of sp³-hybridized carbons (Fsp3) is 0.615. The van der Waals surface area contributed by atoms with Crippen molar-refractivity contribution in [2.24, 2.45) is 0 Å². The average molecular weight is 376 g/mol. The van der Waals surface area contributed by atoms with Gasteiger partial charge in [-0.05, 0) is 43.6 Å². The molecule has 0 saturated carbocycles. The van der Waals surface area contributed by atoms with Crippen LogP contribution in [0.15, 0.2) is 3.92 Å². The zero-order valence-corrected chi connectivity index (χ0v) is 14.8. The minimum atomic E-state index is -0.503. The summed E-state index contributed by atoms with van der Waals surface area (Å²) in [5, 5.41) is 2.90. The van der Waals surface area contributed by atoms with E-state index in [1.54, 1.807) is 11.8 Å². The summed E-state index contributed by atoms with van der Waals surface area (Å²) >= 11 is 4.57. The van der Waals surface area contributed by atoms with Crippen molar-refractivity contribution >= 4 is 39.3 Å². The Balaban J connectivity index is 1.82. The maximum Gasteiger partial charge on any atom is 0.410 e. The first-order chi connectivity index (χ1) is 9.65. The SMILES string of the molecule is Cc1nc(Br)sc1C(=O)NC1CN(C(=O)OC(C)(C)C)C1. The van der Waals surface area contributed by atoms with E-state index in [1.807, 2.05) is 20.8 Å². The predicted molar refractivity (Wildman–Crippen MR) is 83.6 cm³/mol. The van der Waals surface area contributed by atoms with Crippen LogP contribution in [0.1, 0.15) is 36.1 Å². The molecule has 0 aliphatic carbocycles. The van der Waals surface area contributed by atoms with Crippen LogP contribution in [0.2, 0.25) is 0 Å². The summed E-state index contributed by atoms with van der Waals surface area (Å²) in [5.41, 5.74) is 0.199. The fourth-order valence-electron chi connectivity index (χ4n) is 1.87. The van der Waals surface area contributed by atoms with Crippen LogP contribution in [0, 0.1) is 6.92 Å². The normalized spacial score (nSPS) is 15.6. The van der Waals surface area contributed by atoms with E-state index < -0.39 is 5.60 Å². The maximum atomic E-state index is 12.1. The summed E-state index contributed by atoms with van der Waals surface area (Å²) in [7, 11) is 0. The van der Waals surface area contributed by atoms with Crippen LogP contribution in [0.5, 0.6) is 0 Å². The van der Waals surface area contributed by atoms with Crippen LogP contribution in [0.4, 0.5) is 4.79 Å². The number of rotatable bonds is 2. The predicted octanol–water partition coefficient (Wildman–Crippen LogP) is 2.56. The number of nitrogens with one attached hydrogen (secondary N) is 1. The third-order valence-electron chi connectivity index (χ3n) is 2.85. The van der Waals surface area contributed by atoms with E-state index in [1.165, 1.54) is 11.3 Å². The van der Waals surface area contributed by atoms with E-state index >= 15 is 0 Å². The number of amides is 2. The number of ether oxygens (including phenoxy) is 1. The number of thiazole rings is 1. The van der Waals surface area contributed by atoms with Crippen LogP contribution in [-0.2, 0) is 4.74 Å². The van der Waals surface area contributed by atoms with E-state index in [2.05, 4.69) is 26.2 Å². The van der Waals surface area contributed by atoms with Gasteiger partial charge in [0.25, 0.3) is 5.91 Å². The Bertz CT molecular complexity index is 561. The van der Waals surface area contributed by atoms with Gasteiger partial charge in [-0.15, -0.1) is 11.3 Å². The molecule has 1 N–H and O–H groups in total. The number of likely N-dealkylation sites (tertiary alicyclic amines) is 1. The average Bonchev–Trinajstić information content (AvgIpc) is 2.59. The third kappa shape index (κ3) is 4.16. The van der Waals surface area contributed by atoms with Gasteiger partial charge in [0.2, 0.25) is 0 Å². The molecule has 2 amide bonds. The highest BCUT2D eigenvalue weighted by molar-refractivity contribution is 9.11. The van der Waals surface area contributed by atoms with Gasteiger partial charge in [0.15, 0.2) is 3.92 Å². The third-order valence-corrected chi connectivity index (χ3v) is 4.45. The molecule has 0 unspecified atom stereocenters. The molecule has 6 nitrogen and oxygen atoms in total. The van der Waals surface area contributed by atoms with Crippen LogP contribution >= 0.6 is 27.3 Å². The van der Waals surface area contributed by atoms with Crippen molar-refractivity contribution in [1.29, 1.82) is 0 Å². The molecule has 1 saturated heterocycles. The van der Waals surface area contributed by atoms with Crippen LogP contribution in [0.25, 0.3) is 0 Å². The highest BCUT2D eigenvalue weighted by Gasteiger charge is 2.35. The van der Waals surface area contributed by atoms with Crippen LogP contribution in [-0.4, -0.2) is 46.6 Å². The zero-order valence-electron chi connectivity index (χ0n) is 12.4. The molecule has 21 heavy (non-hydrogen) atoms. The molecule has 2 heterocycles. The van der Waals surface area contributed by atoms with Gasteiger partial charge in [-0.1, -0.05) is 0 Å². The van der Waals surface area contributed by atoms with Crippen molar-refractivity contribution in [3.05, 3.63) is 14.5 Å². The molecule has 116 valence electrons. The van der Waals surface area contributed by atoms with Crippen molar-refractivity contribution < 1.29 is 14.3 Å². The number of hydrogen-bond acceptors (Lipinski definition) is 5. The molecule has 0 spiro atoms. The van der Waals surface area contributed by atoms with Gasteiger partial charge >= 0.3 is 6.09 Å². The molecule has 2 rings (SSSR count). The minimum absolute atomic E-state index is 0.0368. The monoisotopic (exact) mass is 375 g/mol. The topological polar surface area (TPSA) is 71.5 Å². The van der Waals surface area contributed by atoms with Crippen molar-refractivity contribution in [1.82, 2.24) is 15.2 Å². The first-order valence-electron chi connectivity index (χ1n) is 6.57. The molecule has 1 aliphatic heterocycles. The van der Waals surface area contributed by atoms with E-state index in [4.69, 9.17) is 4.74 Å². The lowest BCUT2D eigenvalue weighted by atomic mass is 10.1. The van der Waals surface area contributed by atoms with Crippen molar-refractivity contribution in [3.63, 3.8) is 0 Å². The number of carbonyl (C=O) groups is 2. The number of hydrogen-bond donors (Lipinski definition) is 1. The highest BCUT2D eigenvalue weighted by atomic mass is 79.9. The van der Waals surface area contributed by atoms with Crippen molar-refractivity contribution in [3.8, 4) is 0 Å². The number of carbonyl (C=O) groups excluding carboxylic acids is 2. The standard InChI is InChI=1S/C13H18BrN3O3S/c1-7-9(21-11(14)15-7)10(18)16-8-5-17(6-8)12(19)20-13(2,3)4/h8H,5-6H2,1-4H3,(H,16,18). The zero-order chi connectivity index (χ0) is 15.8. The van der Waals surface area contributed by atoms with Gasteiger partial charge in [0.05, 0.1) is 11.7 Å². The minimum Gasteiger partial charge on any atom is -0.444 e. The van der Waals surface area contributed by atoms with Crippen molar-refractivity contribution in [2.45, 2.75) is 39.3 Å². The summed E-state index contributed by atoms with van der Waals surface area (Å²) < 4.78 is 5.95. The number of halogens is 1. The van der Waals surface area contributed by atoms with Crippen LogP contribution < -0.4 is 5.32 Å². The number of aromatic nitrogens is 1. The second kappa shape index (κ2) is 5.92. The molecule has 0 atom stereocenters. The molecule has 0 radical (unpaired) electrons. The first-order valence-corrected chi connectivity index (χ1v) is 8.18. The largest absolute Gasteiger partial charge is 0.444 e. The second-order valence-corrected chi connectivity index (χ2v) is 8.21. The van der Waals surface area contributed by atoms with Crippen LogP contribution in [0.3, 0.4) is 0 Å². The summed E-state index contributed by atoms with van der Waals surface area (Å²) in [6.07, 6.45) is -0.343. The smallest absolute Gasteiger partial charge is 0.410 e. The molecule has 8 heteroatoms. The van der Waals surface area contributed by atoms with Gasteiger partial charge in [0, 0.05) is 13.1 Å². The Labute approximate surface area is 136 Å². The van der Waals surface area contributed by atoms with Gasteiger partial charge in [-0.25, -0.2) is 9.78 Å². The van der Waals surface area contributed by atoms with Gasteiger partial charge in [-0.2, -0.15) is 0 Å². The lowest BCUT2D eigenvalue weighted by Gasteiger charge is -2.39. The summed E-state index contributed by atoms with van der Waals surface area (Å²) in [5.74, 6) is -0.149. The number of aryl methyl sites for hydroxylation is 1. The summed E-state index contributed by atoms with van der Waals surface area (Å²) in [6, 6.07) is -0.0368. The lowest BCUT2D eigenvalue weighted by Crippen LogP contribution is -2.61. The summed E-state index contributed by atoms with van der Waals surface area (Å²) in [4.78, 5) is 30.2. The highest BCUT2D eigenvalue weighted by Crippen LogP contribution is 2.23. The molecule has 0 bridgehead atoms. The molecule has 1 aromatic rings. The Hall–Kier alpha value is -1.15. The Morgan fingerprint density at radius 1 is 1.43 bits per heavy atom. The number of nitrogens with zero attached hydrogens (tertiary/aromatic N) is 2. The maximum absolute atomic E-state index is 12.1. The fourth-order valence-corrected chi connectivity index (χ4v) is 3.32. The van der Waals surface area contributed by atoms with Gasteiger partial charge in [0.1, 0.15) is 10.5 Å². The second-order valence-electron chi connectivity index (χ2n) is 5.94. The van der Waals surface area contributed by atoms with E-state index in [0.717, 1.165) is 0 Å². The molecule has 0 aromatic carbocycles. The van der Waals surface area contributed by atoms with Crippen molar-refractivity contribution in [2.75, 3.05) is 13.1 Å². The quantitative estimate of drug-likeness (QED) is 0.861.